The first kappa shape index (κ1) is 27.2. The molecule has 0 amide bonds. The van der Waals surface area contributed by atoms with E-state index in [1.54, 1.807) is 13.2 Å². The molecule has 0 aromatic heterocycles. The number of nitrogens with zero attached hydrogens (tertiary/aromatic N) is 1. The fraction of sp³-hybridized carbons (Fsp3) is 0.560. The number of piperidine rings is 1. The molecule has 2 heterocycles. The Kier molecular flexibility index (Phi) is 6.95. The molecule has 4 N–H and O–H groups in total. The first-order valence-electron chi connectivity index (χ1n) is 11.9. The summed E-state index contributed by atoms with van der Waals surface area (Å²) < 4.78 is 22.7. The van der Waals surface area contributed by atoms with Gasteiger partial charge in [0.1, 0.15) is 11.8 Å². The van der Waals surface area contributed by atoms with Gasteiger partial charge in [0, 0.05) is 18.0 Å². The molecule has 5 rings (SSSR count). The minimum atomic E-state index is -1.43. The van der Waals surface area contributed by atoms with Gasteiger partial charge in [-0.15, -0.1) is 12.4 Å². The van der Waals surface area contributed by atoms with E-state index >= 15 is 0 Å². The van der Waals surface area contributed by atoms with Gasteiger partial charge in [-0.2, -0.15) is 0 Å². The van der Waals surface area contributed by atoms with Crippen LogP contribution in [0.2, 0.25) is 0 Å². The molecule has 1 aromatic carbocycles. The third-order valence-corrected chi connectivity index (χ3v) is 8.12. The molecule has 12 heteroatoms. The van der Waals surface area contributed by atoms with Gasteiger partial charge in [-0.05, 0) is 51.1 Å². The van der Waals surface area contributed by atoms with E-state index in [1.807, 2.05) is 19.2 Å². The van der Waals surface area contributed by atoms with Crippen LogP contribution >= 0.6 is 12.4 Å². The first-order valence-corrected chi connectivity index (χ1v) is 11.9. The molecular weight excluding hydrogens is 508 g/mol. The van der Waals surface area contributed by atoms with Crippen LogP contribution in [0.25, 0.3) is 0 Å². The highest BCUT2D eigenvalue weighted by Gasteiger charge is 2.72. The Morgan fingerprint density at radius 2 is 2.05 bits per heavy atom. The van der Waals surface area contributed by atoms with Gasteiger partial charge in [-0.1, -0.05) is 6.07 Å². The van der Waals surface area contributed by atoms with Gasteiger partial charge < -0.3 is 39.8 Å². The summed E-state index contributed by atoms with van der Waals surface area (Å²) in [5.74, 6) is -1.79. The number of carboxylic acid groups (broad SMARTS) is 1. The number of ether oxygens (including phenoxy) is 4. The van der Waals surface area contributed by atoms with Crippen molar-refractivity contribution in [3.8, 4) is 11.5 Å². The standard InChI is InChI=1S/C25H30N2O9.ClH/c1-12(34-18(28)11-14(26)22(29)30)23(31)35-16-6-7-25(32)17-10-13-4-5-15(33-3)20-19(13)24(25,21(16)36-20)8-9-27(17)2;/h4-6,12,14,17,21,32H,7-11,26H2,1-3H3,(H,29,30);1H/t12?,14?,17-,21+,24+,25-;/m1./s1. The molecule has 1 fully saturated rings. The van der Waals surface area contributed by atoms with Crippen molar-refractivity contribution in [1.29, 1.82) is 0 Å². The van der Waals surface area contributed by atoms with Gasteiger partial charge in [0.05, 0.1) is 24.5 Å². The molecule has 2 aliphatic carbocycles. The molecule has 2 bridgehead atoms. The summed E-state index contributed by atoms with van der Waals surface area (Å²) in [4.78, 5) is 37.9. The van der Waals surface area contributed by atoms with Crippen molar-refractivity contribution >= 4 is 30.3 Å². The lowest BCUT2D eigenvalue weighted by molar-refractivity contribution is -0.175. The van der Waals surface area contributed by atoms with Gasteiger partial charge in [0.25, 0.3) is 0 Å². The molecule has 2 unspecified atom stereocenters. The molecule has 0 radical (unpaired) electrons. The second kappa shape index (κ2) is 9.46. The summed E-state index contributed by atoms with van der Waals surface area (Å²) in [5, 5.41) is 21.0. The predicted octanol–water partition coefficient (Wildman–Crippen LogP) is 0.672. The number of nitrogens with two attached hydrogens (primary N) is 1. The zero-order valence-corrected chi connectivity index (χ0v) is 21.6. The first-order chi connectivity index (χ1) is 17.0. The average Bonchev–Trinajstić information content (AvgIpc) is 3.18. The summed E-state index contributed by atoms with van der Waals surface area (Å²) in [5.41, 5.74) is 5.36. The predicted molar refractivity (Wildman–Crippen MR) is 131 cm³/mol. The second-order valence-corrected chi connectivity index (χ2v) is 9.99. The molecule has 37 heavy (non-hydrogen) atoms. The fourth-order valence-corrected chi connectivity index (χ4v) is 6.35. The van der Waals surface area contributed by atoms with Gasteiger partial charge >= 0.3 is 17.9 Å². The molecule has 0 saturated carbocycles. The van der Waals surface area contributed by atoms with E-state index in [0.717, 1.165) is 17.7 Å². The summed E-state index contributed by atoms with van der Waals surface area (Å²) in [7, 11) is 3.55. The third-order valence-electron chi connectivity index (χ3n) is 8.12. The molecule has 202 valence electrons. The van der Waals surface area contributed by atoms with Crippen LogP contribution in [0.15, 0.2) is 24.0 Å². The van der Waals surface area contributed by atoms with E-state index in [9.17, 15) is 19.5 Å². The fourth-order valence-electron chi connectivity index (χ4n) is 6.35. The van der Waals surface area contributed by atoms with Crippen LogP contribution in [0, 0.1) is 0 Å². The summed E-state index contributed by atoms with van der Waals surface area (Å²) >= 11 is 0. The third kappa shape index (κ3) is 3.87. The van der Waals surface area contributed by atoms with E-state index in [2.05, 4.69) is 4.90 Å². The number of halogens is 1. The number of carboxylic acids is 1. The van der Waals surface area contributed by atoms with Crippen LogP contribution in [0.3, 0.4) is 0 Å². The molecular formula is C25H31ClN2O9. The molecule has 2 aliphatic heterocycles. The maximum Gasteiger partial charge on any atom is 0.352 e. The highest BCUT2D eigenvalue weighted by molar-refractivity contribution is 5.85. The lowest BCUT2D eigenvalue weighted by atomic mass is 9.50. The SMILES string of the molecule is COc1ccc2c3c1O[C@H]1C(OC(=O)C(C)OC(=O)CC(N)C(=O)O)=CC[C@@]4(O)[C@@H](C2)N(C)CC[C@]314.Cl. The van der Waals surface area contributed by atoms with E-state index in [1.165, 1.54) is 6.92 Å². The number of likely N-dealkylation sites (tertiary alicyclic amines) is 1. The number of methoxy groups -OCH3 is 1. The van der Waals surface area contributed by atoms with Crippen LogP contribution in [0.5, 0.6) is 11.5 Å². The molecule has 1 aromatic rings. The number of likely N-dealkylation sites (N-methyl/N-ethyl adjacent to an activating group) is 1. The smallest absolute Gasteiger partial charge is 0.352 e. The Morgan fingerprint density at radius 1 is 1.32 bits per heavy atom. The van der Waals surface area contributed by atoms with Crippen LogP contribution in [0.4, 0.5) is 0 Å². The van der Waals surface area contributed by atoms with Crippen molar-refractivity contribution in [2.75, 3.05) is 20.7 Å². The van der Waals surface area contributed by atoms with Crippen molar-refractivity contribution in [3.63, 3.8) is 0 Å². The number of esters is 2. The topological polar surface area (TPSA) is 158 Å². The number of aliphatic carboxylic acids is 1. The minimum absolute atomic E-state index is 0. The van der Waals surface area contributed by atoms with Crippen LogP contribution < -0.4 is 15.2 Å². The molecule has 6 atom stereocenters. The van der Waals surface area contributed by atoms with Crippen molar-refractivity contribution in [1.82, 2.24) is 4.90 Å². The lowest BCUT2D eigenvalue weighted by Gasteiger charge is -2.61. The highest BCUT2D eigenvalue weighted by Crippen LogP contribution is 2.65. The zero-order chi connectivity index (χ0) is 26.0. The number of carbonyl (C=O) groups is 3. The Labute approximate surface area is 219 Å². The van der Waals surface area contributed by atoms with Gasteiger partial charge in [0.2, 0.25) is 0 Å². The van der Waals surface area contributed by atoms with Crippen molar-refractivity contribution in [2.24, 2.45) is 5.73 Å². The Bertz CT molecular complexity index is 1170. The summed E-state index contributed by atoms with van der Waals surface area (Å²) in [6.07, 6.45) is 0.512. The summed E-state index contributed by atoms with van der Waals surface area (Å²) in [6.45, 7) is 2.06. The number of hydrogen-bond donors (Lipinski definition) is 3. The maximum atomic E-state index is 12.9. The van der Waals surface area contributed by atoms with E-state index < -0.39 is 53.6 Å². The van der Waals surface area contributed by atoms with Crippen LogP contribution in [0.1, 0.15) is 37.3 Å². The molecule has 1 spiro atoms. The molecule has 11 nitrogen and oxygen atoms in total. The highest BCUT2D eigenvalue weighted by atomic mass is 35.5. The number of aliphatic hydroxyl groups is 1. The molecule has 1 saturated heterocycles. The largest absolute Gasteiger partial charge is 0.493 e. The van der Waals surface area contributed by atoms with Crippen LogP contribution in [-0.2, 0) is 35.7 Å². The number of benzene rings is 1. The number of rotatable bonds is 7. The van der Waals surface area contributed by atoms with Crippen molar-refractivity contribution in [3.05, 3.63) is 35.1 Å². The molecule has 4 aliphatic rings. The monoisotopic (exact) mass is 538 g/mol. The van der Waals surface area contributed by atoms with Crippen LogP contribution in [-0.4, -0.2) is 83.6 Å². The number of hydrogen-bond acceptors (Lipinski definition) is 10. The maximum absolute atomic E-state index is 12.9. The van der Waals surface area contributed by atoms with Gasteiger partial charge in [-0.25, -0.2) is 4.79 Å². The Hall–Kier alpha value is -2.86. The summed E-state index contributed by atoms with van der Waals surface area (Å²) in [6, 6.07) is 2.28. The average molecular weight is 539 g/mol. The Morgan fingerprint density at radius 3 is 2.73 bits per heavy atom. The second-order valence-electron chi connectivity index (χ2n) is 9.99. The Balaban J connectivity index is 0.00000320. The zero-order valence-electron chi connectivity index (χ0n) is 20.8. The van der Waals surface area contributed by atoms with Crippen molar-refractivity contribution in [2.45, 2.75) is 67.9 Å². The number of carbonyl (C=O) groups excluding carboxylic acids is 2. The van der Waals surface area contributed by atoms with Gasteiger partial charge in [0.15, 0.2) is 23.7 Å². The van der Waals surface area contributed by atoms with E-state index in [0.29, 0.717) is 24.3 Å². The quantitative estimate of drug-likeness (QED) is 0.419. The lowest BCUT2D eigenvalue weighted by Crippen LogP contribution is -2.74. The van der Waals surface area contributed by atoms with Crippen molar-refractivity contribution < 1.29 is 43.5 Å². The van der Waals surface area contributed by atoms with E-state index in [4.69, 9.17) is 29.8 Å². The van der Waals surface area contributed by atoms with E-state index in [-0.39, 0.29) is 30.6 Å². The normalized spacial score (nSPS) is 30.5. The minimum Gasteiger partial charge on any atom is -0.493 e. The van der Waals surface area contributed by atoms with Gasteiger partial charge in [-0.3, -0.25) is 9.59 Å².